The fourth-order valence-corrected chi connectivity index (χ4v) is 4.09. The fourth-order valence-electron chi connectivity index (χ4n) is 4.09. The SMILES string of the molecule is COc1ccc(Nc2c(-c3cnc4[nH]c(=O)[nH]c4c3)c(C)nn2-c2ccccc2C)c(C(=O)O)c1. The third-order valence-electron chi connectivity index (χ3n) is 5.77. The van der Waals surface area contributed by atoms with Crippen LogP contribution in [-0.4, -0.2) is 42.9 Å². The second-order valence-corrected chi connectivity index (χ2v) is 8.05. The number of fused-ring (bicyclic) bond motifs is 1. The smallest absolute Gasteiger partial charge is 0.337 e. The van der Waals surface area contributed by atoms with Crippen molar-refractivity contribution >= 4 is 28.6 Å². The molecule has 176 valence electrons. The number of nitrogens with one attached hydrogen (secondary N) is 3. The Morgan fingerprint density at radius 2 is 1.91 bits per heavy atom. The lowest BCUT2D eigenvalue weighted by Gasteiger charge is -2.16. The summed E-state index contributed by atoms with van der Waals surface area (Å²) in [5.74, 6) is -0.106. The van der Waals surface area contributed by atoms with E-state index in [1.165, 1.54) is 13.2 Å². The minimum atomic E-state index is -1.10. The molecule has 3 aromatic heterocycles. The predicted octanol–water partition coefficient (Wildman–Crippen LogP) is 4.17. The molecule has 0 aliphatic carbocycles. The highest BCUT2D eigenvalue weighted by Crippen LogP contribution is 2.37. The van der Waals surface area contributed by atoms with Gasteiger partial charge in [0.2, 0.25) is 0 Å². The van der Waals surface area contributed by atoms with Crippen LogP contribution in [0.15, 0.2) is 59.5 Å². The number of aryl methyl sites for hydroxylation is 2. The van der Waals surface area contributed by atoms with Gasteiger partial charge < -0.3 is 20.1 Å². The highest BCUT2D eigenvalue weighted by atomic mass is 16.5. The van der Waals surface area contributed by atoms with Crippen molar-refractivity contribution < 1.29 is 14.6 Å². The number of methoxy groups -OCH3 is 1. The van der Waals surface area contributed by atoms with Gasteiger partial charge >= 0.3 is 11.7 Å². The van der Waals surface area contributed by atoms with Gasteiger partial charge in [-0.15, -0.1) is 0 Å². The molecule has 35 heavy (non-hydrogen) atoms. The van der Waals surface area contributed by atoms with Crippen molar-refractivity contribution in [2.75, 3.05) is 12.4 Å². The molecule has 0 saturated carbocycles. The Morgan fingerprint density at radius 3 is 2.66 bits per heavy atom. The molecule has 0 aliphatic rings. The quantitative estimate of drug-likeness (QED) is 0.292. The van der Waals surface area contributed by atoms with E-state index in [1.54, 1.807) is 23.0 Å². The average Bonchev–Trinajstić information content (AvgIpc) is 3.37. The molecule has 10 heteroatoms. The first-order valence-electron chi connectivity index (χ1n) is 10.8. The van der Waals surface area contributed by atoms with Crippen LogP contribution < -0.4 is 15.7 Å². The lowest BCUT2D eigenvalue weighted by molar-refractivity contribution is 0.0697. The summed E-state index contributed by atoms with van der Waals surface area (Å²) >= 11 is 0. The summed E-state index contributed by atoms with van der Waals surface area (Å²) in [4.78, 5) is 33.5. The summed E-state index contributed by atoms with van der Waals surface area (Å²) in [6.45, 7) is 3.84. The minimum absolute atomic E-state index is 0.0500. The van der Waals surface area contributed by atoms with E-state index >= 15 is 0 Å². The van der Waals surface area contributed by atoms with E-state index in [0.717, 1.165) is 16.8 Å². The number of carbonyl (C=O) groups is 1. The molecule has 0 spiro atoms. The van der Waals surface area contributed by atoms with Crippen LogP contribution in [-0.2, 0) is 0 Å². The van der Waals surface area contributed by atoms with E-state index in [4.69, 9.17) is 9.84 Å². The summed E-state index contributed by atoms with van der Waals surface area (Å²) in [6.07, 6.45) is 1.65. The zero-order valence-electron chi connectivity index (χ0n) is 19.2. The highest BCUT2D eigenvalue weighted by molar-refractivity contribution is 5.97. The number of aromatic carboxylic acids is 1. The van der Waals surface area contributed by atoms with E-state index in [0.29, 0.717) is 39.7 Å². The molecule has 0 aliphatic heterocycles. The molecule has 3 heterocycles. The van der Waals surface area contributed by atoms with Gasteiger partial charge in [0, 0.05) is 17.3 Å². The number of carboxylic acids is 1. The van der Waals surface area contributed by atoms with Crippen molar-refractivity contribution in [2.45, 2.75) is 13.8 Å². The number of pyridine rings is 1. The van der Waals surface area contributed by atoms with Crippen molar-refractivity contribution in [3.8, 4) is 22.6 Å². The van der Waals surface area contributed by atoms with Crippen molar-refractivity contribution in [3.63, 3.8) is 0 Å². The van der Waals surface area contributed by atoms with Gasteiger partial charge in [-0.2, -0.15) is 5.10 Å². The van der Waals surface area contributed by atoms with Crippen LogP contribution in [0.1, 0.15) is 21.6 Å². The van der Waals surface area contributed by atoms with Gasteiger partial charge in [0.1, 0.15) is 11.6 Å². The Labute approximate surface area is 199 Å². The van der Waals surface area contributed by atoms with Crippen molar-refractivity contribution in [1.29, 1.82) is 0 Å². The van der Waals surface area contributed by atoms with E-state index in [2.05, 4.69) is 20.3 Å². The number of hydrogen-bond donors (Lipinski definition) is 4. The number of ether oxygens (including phenoxy) is 1. The number of nitrogens with zero attached hydrogens (tertiary/aromatic N) is 3. The van der Waals surface area contributed by atoms with Gasteiger partial charge in [-0.05, 0) is 49.7 Å². The molecule has 10 nitrogen and oxygen atoms in total. The monoisotopic (exact) mass is 470 g/mol. The molecule has 5 rings (SSSR count). The maximum Gasteiger partial charge on any atom is 0.337 e. The number of rotatable bonds is 6. The van der Waals surface area contributed by atoms with Crippen LogP contribution in [0.25, 0.3) is 28.0 Å². The van der Waals surface area contributed by atoms with Gasteiger partial charge in [-0.1, -0.05) is 18.2 Å². The Kier molecular flexibility index (Phi) is 5.33. The van der Waals surface area contributed by atoms with Crippen LogP contribution in [0.2, 0.25) is 0 Å². The van der Waals surface area contributed by atoms with Crippen LogP contribution >= 0.6 is 0 Å². The van der Waals surface area contributed by atoms with Gasteiger partial charge in [-0.25, -0.2) is 19.3 Å². The number of carboxylic acid groups (broad SMARTS) is 1. The second kappa shape index (κ2) is 8.49. The molecule has 0 radical (unpaired) electrons. The molecule has 0 bridgehead atoms. The van der Waals surface area contributed by atoms with Crippen molar-refractivity contribution in [2.24, 2.45) is 0 Å². The maximum absolute atomic E-state index is 12.0. The topological polar surface area (TPSA) is 138 Å². The predicted molar refractivity (Wildman–Crippen MR) is 132 cm³/mol. The first kappa shape index (κ1) is 22.0. The highest BCUT2D eigenvalue weighted by Gasteiger charge is 2.22. The molecule has 0 saturated heterocycles. The van der Waals surface area contributed by atoms with Crippen molar-refractivity contribution in [3.05, 3.63) is 82.0 Å². The number of anilines is 2. The second-order valence-electron chi connectivity index (χ2n) is 8.05. The Balaban J connectivity index is 1.75. The van der Waals surface area contributed by atoms with Gasteiger partial charge in [-0.3, -0.25) is 4.98 Å². The number of para-hydroxylation sites is 1. The third-order valence-corrected chi connectivity index (χ3v) is 5.77. The summed E-state index contributed by atoms with van der Waals surface area (Å²) in [7, 11) is 1.48. The van der Waals surface area contributed by atoms with Crippen LogP contribution in [0.3, 0.4) is 0 Å². The lowest BCUT2D eigenvalue weighted by atomic mass is 10.1. The number of H-pyrrole nitrogens is 2. The number of aromatic amines is 2. The number of imidazole rings is 1. The zero-order valence-corrected chi connectivity index (χ0v) is 19.2. The van der Waals surface area contributed by atoms with Gasteiger partial charge in [0.25, 0.3) is 0 Å². The molecule has 0 unspecified atom stereocenters. The van der Waals surface area contributed by atoms with Crippen molar-refractivity contribution in [1.82, 2.24) is 24.7 Å². The molecule has 0 atom stereocenters. The Bertz CT molecular complexity index is 1650. The Morgan fingerprint density at radius 1 is 1.11 bits per heavy atom. The van der Waals surface area contributed by atoms with Gasteiger partial charge in [0.15, 0.2) is 5.65 Å². The van der Waals surface area contributed by atoms with Crippen LogP contribution in [0, 0.1) is 13.8 Å². The normalized spacial score (nSPS) is 11.1. The summed E-state index contributed by atoms with van der Waals surface area (Å²) in [6, 6.07) is 14.4. The van der Waals surface area contributed by atoms with Crippen LogP contribution in [0.4, 0.5) is 11.5 Å². The molecule has 4 N–H and O–H groups in total. The molecule has 0 amide bonds. The average molecular weight is 470 g/mol. The van der Waals surface area contributed by atoms with E-state index in [9.17, 15) is 14.7 Å². The van der Waals surface area contributed by atoms with E-state index in [1.807, 2.05) is 44.2 Å². The molecule has 0 fully saturated rings. The summed E-state index contributed by atoms with van der Waals surface area (Å²) in [5.41, 5.74) is 5.01. The molecule has 2 aromatic carbocycles. The molecule has 5 aromatic rings. The number of hydrogen-bond acceptors (Lipinski definition) is 6. The molecular weight excluding hydrogens is 448 g/mol. The van der Waals surface area contributed by atoms with E-state index < -0.39 is 5.97 Å². The summed E-state index contributed by atoms with van der Waals surface area (Å²) < 4.78 is 6.96. The zero-order chi connectivity index (χ0) is 24.7. The lowest BCUT2D eigenvalue weighted by Crippen LogP contribution is -2.08. The Hall–Kier alpha value is -4.86. The van der Waals surface area contributed by atoms with Gasteiger partial charge in [0.05, 0.1) is 35.3 Å². The minimum Gasteiger partial charge on any atom is -0.497 e. The summed E-state index contributed by atoms with van der Waals surface area (Å²) in [5, 5.41) is 17.9. The first-order valence-corrected chi connectivity index (χ1v) is 10.8. The first-order chi connectivity index (χ1) is 16.9. The van der Waals surface area contributed by atoms with E-state index in [-0.39, 0.29) is 11.3 Å². The third kappa shape index (κ3) is 3.90. The number of aromatic nitrogens is 5. The fraction of sp³-hybridized carbons (Fsp3) is 0.120. The largest absolute Gasteiger partial charge is 0.497 e. The molecular formula is C25H22N6O4. The number of benzene rings is 2. The standard InChI is InChI=1S/C25H22N6O4/c1-13-6-4-5-7-20(13)31-23(27-18-9-8-16(35-3)11-17(18)24(32)33)21(14(2)30-31)15-10-19-22(26-12-15)29-25(34)28-19/h4-12,27H,1-3H3,(H,32,33)(H2,26,28,29,34). The maximum atomic E-state index is 12.0. The van der Waals surface area contributed by atoms with Crippen LogP contribution in [0.5, 0.6) is 5.75 Å².